The fraction of sp³-hybridized carbons (Fsp3) is 0.143. The number of carbonyl (C=O) groups is 1. The maximum Gasteiger partial charge on any atom is 0.260 e. The van der Waals surface area contributed by atoms with Crippen molar-refractivity contribution >= 4 is 46.2 Å². The van der Waals surface area contributed by atoms with Gasteiger partial charge in [0.2, 0.25) is 11.8 Å². The minimum absolute atomic E-state index is 0.106. The summed E-state index contributed by atoms with van der Waals surface area (Å²) in [4.78, 5) is 23.8. The molecule has 2 rings (SSSR count). The van der Waals surface area contributed by atoms with Gasteiger partial charge < -0.3 is 10.1 Å². The monoisotopic (exact) mass is 261 g/mol. The second-order valence-electron chi connectivity index (χ2n) is 2.76. The first-order valence-electron chi connectivity index (χ1n) is 4.07. The Morgan fingerprint density at radius 1 is 1.50 bits per heavy atom. The molecule has 2 heterocycles. The lowest BCUT2D eigenvalue weighted by molar-refractivity contribution is -0.114. The van der Waals surface area contributed by atoms with Crippen molar-refractivity contribution in [3.8, 4) is 5.88 Å². The third-order valence-corrected chi connectivity index (χ3v) is 2.09. The molecule has 0 atom stereocenters. The fourth-order valence-electron chi connectivity index (χ4n) is 1.04. The van der Waals surface area contributed by atoms with E-state index >= 15 is 0 Å². The van der Waals surface area contributed by atoms with Gasteiger partial charge in [0.25, 0.3) is 5.91 Å². The number of fused-ring (bicyclic) bond motifs is 1. The number of aromatic hydroxyl groups is 1. The maximum absolute atomic E-state index is 11.1. The zero-order valence-electron chi connectivity index (χ0n) is 7.61. The predicted octanol–water partition coefficient (Wildman–Crippen LogP) is 0.801. The van der Waals surface area contributed by atoms with Crippen molar-refractivity contribution in [3.05, 3.63) is 6.33 Å². The number of aromatic amines is 1. The quantitative estimate of drug-likeness (QED) is 0.694. The van der Waals surface area contributed by atoms with Gasteiger partial charge in [0.15, 0.2) is 16.0 Å². The number of aromatic nitrogens is 4. The molecular formula is C7H5Cl2N5O2. The molecule has 7 nitrogen and oxygen atoms in total. The number of imidazole rings is 1. The van der Waals surface area contributed by atoms with Gasteiger partial charge in [0.05, 0.1) is 6.33 Å². The highest BCUT2D eigenvalue weighted by Crippen LogP contribution is 2.19. The Hall–Kier alpha value is -1.60. The summed E-state index contributed by atoms with van der Waals surface area (Å²) in [6, 6.07) is 0. The number of nitrogens with one attached hydrogen (secondary N) is 2. The highest BCUT2D eigenvalue weighted by atomic mass is 35.5. The molecule has 2 aromatic heterocycles. The molecule has 0 saturated heterocycles. The fourth-order valence-corrected chi connectivity index (χ4v) is 1.15. The van der Waals surface area contributed by atoms with E-state index in [0.717, 1.165) is 0 Å². The zero-order chi connectivity index (χ0) is 11.7. The number of carbonyl (C=O) groups excluding carboxylic acids is 1. The molecule has 0 bridgehead atoms. The van der Waals surface area contributed by atoms with Crippen LogP contribution in [0.25, 0.3) is 11.2 Å². The Morgan fingerprint density at radius 2 is 2.25 bits per heavy atom. The van der Waals surface area contributed by atoms with Crippen LogP contribution in [0.3, 0.4) is 0 Å². The number of hydrogen-bond acceptors (Lipinski definition) is 5. The van der Waals surface area contributed by atoms with E-state index in [1.54, 1.807) is 0 Å². The molecule has 0 aromatic carbocycles. The number of alkyl halides is 2. The Kier molecular flexibility index (Phi) is 2.80. The first kappa shape index (κ1) is 10.9. The second-order valence-corrected chi connectivity index (χ2v) is 3.86. The minimum Gasteiger partial charge on any atom is -0.492 e. The van der Waals surface area contributed by atoms with E-state index in [4.69, 9.17) is 23.2 Å². The number of hydrogen-bond donors (Lipinski definition) is 3. The zero-order valence-corrected chi connectivity index (χ0v) is 9.12. The average molecular weight is 262 g/mol. The van der Waals surface area contributed by atoms with Crippen molar-refractivity contribution in [2.45, 2.75) is 4.84 Å². The molecule has 0 aliphatic rings. The predicted molar refractivity (Wildman–Crippen MR) is 57.5 cm³/mol. The minimum atomic E-state index is -1.23. The van der Waals surface area contributed by atoms with Crippen molar-refractivity contribution in [2.24, 2.45) is 0 Å². The summed E-state index contributed by atoms with van der Waals surface area (Å²) < 4.78 is 0. The van der Waals surface area contributed by atoms with Crippen LogP contribution in [0.1, 0.15) is 0 Å². The lowest BCUT2D eigenvalue weighted by atomic mass is 10.5. The standard InChI is InChI=1S/C7H5Cl2N5O2/c8-3(9)6(16)14-7-12-4-2(5(15)13-7)10-1-11-4/h1,3H,(H3,10,11,12,13,14,15,16). The van der Waals surface area contributed by atoms with Gasteiger partial charge in [0.1, 0.15) is 0 Å². The third-order valence-electron chi connectivity index (χ3n) is 1.69. The van der Waals surface area contributed by atoms with Gasteiger partial charge in [-0.3, -0.25) is 10.1 Å². The van der Waals surface area contributed by atoms with Gasteiger partial charge in [-0.15, -0.1) is 0 Å². The van der Waals surface area contributed by atoms with Crippen LogP contribution in [0.4, 0.5) is 5.95 Å². The highest BCUT2D eigenvalue weighted by molar-refractivity contribution is 6.54. The van der Waals surface area contributed by atoms with Crippen molar-refractivity contribution < 1.29 is 9.90 Å². The average Bonchev–Trinajstić information content (AvgIpc) is 2.65. The Balaban J connectivity index is 2.35. The Labute approximate surface area is 98.8 Å². The molecule has 0 spiro atoms. The molecule has 0 fully saturated rings. The SMILES string of the molecule is O=C(Nc1nc(O)c2nc[nH]c2n1)C(Cl)Cl. The summed E-state index contributed by atoms with van der Waals surface area (Å²) in [7, 11) is 0. The summed E-state index contributed by atoms with van der Waals surface area (Å²) in [6.07, 6.45) is 1.34. The van der Waals surface area contributed by atoms with Crippen molar-refractivity contribution in [2.75, 3.05) is 5.32 Å². The second kappa shape index (κ2) is 4.11. The van der Waals surface area contributed by atoms with Gasteiger partial charge in [0, 0.05) is 0 Å². The topological polar surface area (TPSA) is 104 Å². The van der Waals surface area contributed by atoms with Gasteiger partial charge in [-0.1, -0.05) is 23.2 Å². The summed E-state index contributed by atoms with van der Waals surface area (Å²) in [5.74, 6) is -1.13. The van der Waals surface area contributed by atoms with Gasteiger partial charge >= 0.3 is 0 Å². The van der Waals surface area contributed by atoms with Gasteiger partial charge in [-0.25, -0.2) is 4.98 Å². The number of rotatable bonds is 2. The van der Waals surface area contributed by atoms with E-state index in [1.165, 1.54) is 6.33 Å². The number of nitrogens with zero attached hydrogens (tertiary/aromatic N) is 3. The van der Waals surface area contributed by atoms with Crippen molar-refractivity contribution in [1.82, 2.24) is 19.9 Å². The maximum atomic E-state index is 11.1. The van der Waals surface area contributed by atoms with Crippen LogP contribution in [0.2, 0.25) is 0 Å². The molecular weight excluding hydrogens is 257 g/mol. The molecule has 0 radical (unpaired) electrons. The molecule has 2 aromatic rings. The molecule has 0 saturated carbocycles. The van der Waals surface area contributed by atoms with E-state index in [-0.39, 0.29) is 17.3 Å². The molecule has 9 heteroatoms. The van der Waals surface area contributed by atoms with Gasteiger partial charge in [-0.05, 0) is 0 Å². The largest absolute Gasteiger partial charge is 0.492 e. The summed E-state index contributed by atoms with van der Waals surface area (Å²) in [5.41, 5.74) is 0.509. The van der Waals surface area contributed by atoms with Crippen molar-refractivity contribution in [3.63, 3.8) is 0 Å². The molecule has 3 N–H and O–H groups in total. The van der Waals surface area contributed by atoms with Crippen molar-refractivity contribution in [1.29, 1.82) is 0 Å². The first-order valence-corrected chi connectivity index (χ1v) is 4.94. The van der Waals surface area contributed by atoms with Crippen LogP contribution in [0, 0.1) is 0 Å². The van der Waals surface area contributed by atoms with E-state index < -0.39 is 10.7 Å². The van der Waals surface area contributed by atoms with E-state index in [2.05, 4.69) is 25.3 Å². The van der Waals surface area contributed by atoms with Crippen LogP contribution in [0.15, 0.2) is 6.33 Å². The lowest BCUT2D eigenvalue weighted by Crippen LogP contribution is -2.20. The molecule has 16 heavy (non-hydrogen) atoms. The highest BCUT2D eigenvalue weighted by Gasteiger charge is 2.15. The van der Waals surface area contributed by atoms with Crippen LogP contribution in [0.5, 0.6) is 5.88 Å². The molecule has 1 amide bonds. The summed E-state index contributed by atoms with van der Waals surface area (Å²) in [6.45, 7) is 0. The number of H-pyrrole nitrogens is 1. The Morgan fingerprint density at radius 3 is 2.94 bits per heavy atom. The van der Waals surface area contributed by atoms with Crippen LogP contribution >= 0.6 is 23.2 Å². The van der Waals surface area contributed by atoms with Crippen LogP contribution < -0.4 is 5.32 Å². The Bertz CT molecular complexity index is 541. The first-order chi connectivity index (χ1) is 7.58. The normalized spacial score (nSPS) is 10.9. The van der Waals surface area contributed by atoms with E-state index in [9.17, 15) is 9.90 Å². The number of halogens is 2. The summed E-state index contributed by atoms with van der Waals surface area (Å²) >= 11 is 10.7. The molecule has 84 valence electrons. The summed E-state index contributed by atoms with van der Waals surface area (Å²) in [5, 5.41) is 11.7. The molecule has 0 aliphatic carbocycles. The van der Waals surface area contributed by atoms with E-state index in [0.29, 0.717) is 5.65 Å². The number of amides is 1. The van der Waals surface area contributed by atoms with Crippen LogP contribution in [-0.4, -0.2) is 35.8 Å². The van der Waals surface area contributed by atoms with E-state index in [1.807, 2.05) is 0 Å². The smallest absolute Gasteiger partial charge is 0.260 e. The lowest BCUT2D eigenvalue weighted by Gasteiger charge is -2.03. The van der Waals surface area contributed by atoms with Gasteiger partial charge in [-0.2, -0.15) is 9.97 Å². The molecule has 0 aliphatic heterocycles. The third kappa shape index (κ3) is 2.00. The number of anilines is 1. The van der Waals surface area contributed by atoms with Crippen LogP contribution in [-0.2, 0) is 4.79 Å². The molecule has 0 unspecified atom stereocenters.